The van der Waals surface area contributed by atoms with Crippen LogP contribution in [-0.2, 0) is 6.42 Å². The maximum absolute atomic E-state index is 5.46. The molecule has 0 spiro atoms. The summed E-state index contributed by atoms with van der Waals surface area (Å²) in [7, 11) is 0. The zero-order valence-electron chi connectivity index (χ0n) is 8.29. The number of nitrogens with two attached hydrogens (primary N) is 1. The molecular formula is C9H18N2S. The van der Waals surface area contributed by atoms with Crippen molar-refractivity contribution in [3.05, 3.63) is 11.1 Å². The van der Waals surface area contributed by atoms with Crippen LogP contribution in [0.25, 0.3) is 0 Å². The van der Waals surface area contributed by atoms with Crippen LogP contribution in [0.1, 0.15) is 33.4 Å². The molecule has 0 aromatic carbocycles. The number of anilines is 1. The van der Waals surface area contributed by atoms with E-state index in [0.29, 0.717) is 11.0 Å². The van der Waals surface area contributed by atoms with Crippen LogP contribution in [0.4, 0.5) is 5.13 Å². The standard InChI is InChI=1S/C7H12N2S.C2H6/c1-5(2)3-6-4-10-7(8)9-6;1-2/h4-5H,3H2,1-2H3,(H2,8,9);1-2H3. The van der Waals surface area contributed by atoms with Crippen LogP contribution in [0.5, 0.6) is 0 Å². The van der Waals surface area contributed by atoms with Crippen LogP contribution in [0.2, 0.25) is 0 Å². The van der Waals surface area contributed by atoms with E-state index in [1.54, 1.807) is 0 Å². The molecule has 2 N–H and O–H groups in total. The summed E-state index contributed by atoms with van der Waals surface area (Å²) in [6.45, 7) is 8.35. The highest BCUT2D eigenvalue weighted by Crippen LogP contribution is 2.13. The fourth-order valence-electron chi connectivity index (χ4n) is 0.835. The van der Waals surface area contributed by atoms with Crippen LogP contribution < -0.4 is 5.73 Å². The summed E-state index contributed by atoms with van der Waals surface area (Å²) in [6.07, 6.45) is 1.04. The lowest BCUT2D eigenvalue weighted by Gasteiger charge is -1.97. The third-order valence-electron chi connectivity index (χ3n) is 1.19. The van der Waals surface area contributed by atoms with Gasteiger partial charge in [-0.1, -0.05) is 27.7 Å². The van der Waals surface area contributed by atoms with Gasteiger partial charge in [-0.25, -0.2) is 4.98 Å². The minimum Gasteiger partial charge on any atom is -0.375 e. The first-order valence-corrected chi connectivity index (χ1v) is 5.26. The molecule has 0 fully saturated rings. The van der Waals surface area contributed by atoms with E-state index < -0.39 is 0 Å². The van der Waals surface area contributed by atoms with Crippen molar-refractivity contribution >= 4 is 16.5 Å². The second kappa shape index (κ2) is 6.00. The van der Waals surface area contributed by atoms with Crippen LogP contribution in [0.3, 0.4) is 0 Å². The predicted octanol–water partition coefficient (Wildman–Crippen LogP) is 2.95. The van der Waals surface area contributed by atoms with Gasteiger partial charge in [-0.3, -0.25) is 0 Å². The SMILES string of the molecule is CC.CC(C)Cc1csc(N)n1. The summed E-state index contributed by atoms with van der Waals surface area (Å²) in [5.74, 6) is 0.668. The van der Waals surface area contributed by atoms with E-state index in [1.165, 1.54) is 11.3 Å². The molecule has 2 nitrogen and oxygen atoms in total. The lowest BCUT2D eigenvalue weighted by atomic mass is 10.1. The van der Waals surface area contributed by atoms with Gasteiger partial charge in [-0.2, -0.15) is 0 Å². The van der Waals surface area contributed by atoms with E-state index in [-0.39, 0.29) is 0 Å². The molecule has 0 atom stereocenters. The Kier molecular flexibility index (Phi) is 5.72. The molecule has 0 amide bonds. The maximum atomic E-state index is 5.46. The highest BCUT2D eigenvalue weighted by Gasteiger charge is 2.00. The summed E-state index contributed by atoms with van der Waals surface area (Å²) >= 11 is 1.51. The molecule has 3 heteroatoms. The Balaban J connectivity index is 0.000000561. The smallest absolute Gasteiger partial charge is 0.180 e. The monoisotopic (exact) mass is 186 g/mol. The van der Waals surface area contributed by atoms with E-state index in [2.05, 4.69) is 18.8 Å². The van der Waals surface area contributed by atoms with Gasteiger partial charge in [0.2, 0.25) is 0 Å². The number of rotatable bonds is 2. The molecule has 12 heavy (non-hydrogen) atoms. The minimum absolute atomic E-state index is 0.668. The van der Waals surface area contributed by atoms with Gasteiger partial charge >= 0.3 is 0 Å². The van der Waals surface area contributed by atoms with Gasteiger partial charge in [0.25, 0.3) is 0 Å². The van der Waals surface area contributed by atoms with Gasteiger partial charge in [0.1, 0.15) is 0 Å². The van der Waals surface area contributed by atoms with Gasteiger partial charge in [0, 0.05) is 5.38 Å². The molecule has 0 saturated heterocycles. The number of aromatic nitrogens is 1. The van der Waals surface area contributed by atoms with Crippen molar-refractivity contribution in [3.8, 4) is 0 Å². The third-order valence-corrected chi connectivity index (χ3v) is 1.91. The number of nitrogen functional groups attached to an aromatic ring is 1. The number of thiazole rings is 1. The minimum atomic E-state index is 0.668. The first-order valence-electron chi connectivity index (χ1n) is 4.38. The number of hydrogen-bond donors (Lipinski definition) is 1. The van der Waals surface area contributed by atoms with Crippen molar-refractivity contribution in [1.29, 1.82) is 0 Å². The fourth-order valence-corrected chi connectivity index (χ4v) is 1.41. The van der Waals surface area contributed by atoms with Crippen molar-refractivity contribution in [1.82, 2.24) is 4.98 Å². The van der Waals surface area contributed by atoms with Crippen LogP contribution in [0.15, 0.2) is 5.38 Å². The predicted molar refractivity (Wildman–Crippen MR) is 56.4 cm³/mol. The molecule has 0 bridgehead atoms. The highest BCUT2D eigenvalue weighted by molar-refractivity contribution is 7.13. The van der Waals surface area contributed by atoms with Crippen LogP contribution >= 0.6 is 11.3 Å². The molecule has 0 saturated carbocycles. The molecular weight excluding hydrogens is 168 g/mol. The topological polar surface area (TPSA) is 38.9 Å². The van der Waals surface area contributed by atoms with Crippen molar-refractivity contribution in [2.75, 3.05) is 5.73 Å². The molecule has 0 unspecified atom stereocenters. The third kappa shape index (κ3) is 4.34. The normalized spacial score (nSPS) is 9.42. The van der Waals surface area contributed by atoms with Gasteiger partial charge in [0.15, 0.2) is 5.13 Å². The van der Waals surface area contributed by atoms with E-state index in [1.807, 2.05) is 19.2 Å². The molecule has 1 heterocycles. The zero-order valence-corrected chi connectivity index (χ0v) is 9.11. The van der Waals surface area contributed by atoms with Gasteiger partial charge < -0.3 is 5.73 Å². The van der Waals surface area contributed by atoms with Crippen molar-refractivity contribution in [2.24, 2.45) is 5.92 Å². The number of nitrogens with zero attached hydrogens (tertiary/aromatic N) is 1. The Hall–Kier alpha value is -0.570. The lowest BCUT2D eigenvalue weighted by molar-refractivity contribution is 0.638. The van der Waals surface area contributed by atoms with Crippen molar-refractivity contribution in [2.45, 2.75) is 34.1 Å². The largest absolute Gasteiger partial charge is 0.375 e. The van der Waals surface area contributed by atoms with Crippen molar-refractivity contribution < 1.29 is 0 Å². The van der Waals surface area contributed by atoms with E-state index in [0.717, 1.165) is 12.1 Å². The number of hydrogen-bond acceptors (Lipinski definition) is 3. The Labute approximate surface area is 78.8 Å². The summed E-state index contributed by atoms with van der Waals surface area (Å²) in [5.41, 5.74) is 6.58. The molecule has 1 aromatic heterocycles. The molecule has 1 aromatic rings. The van der Waals surface area contributed by atoms with Crippen molar-refractivity contribution in [3.63, 3.8) is 0 Å². The molecule has 0 radical (unpaired) electrons. The first kappa shape index (κ1) is 11.4. The lowest BCUT2D eigenvalue weighted by Crippen LogP contribution is -1.94. The summed E-state index contributed by atoms with van der Waals surface area (Å²) in [4.78, 5) is 4.15. The first-order chi connectivity index (χ1) is 5.68. The van der Waals surface area contributed by atoms with E-state index >= 15 is 0 Å². The van der Waals surface area contributed by atoms with E-state index in [4.69, 9.17) is 5.73 Å². The van der Waals surface area contributed by atoms with Crippen LogP contribution in [0, 0.1) is 5.92 Å². The summed E-state index contributed by atoms with van der Waals surface area (Å²) < 4.78 is 0. The van der Waals surface area contributed by atoms with Crippen LogP contribution in [-0.4, -0.2) is 4.98 Å². The quantitative estimate of drug-likeness (QED) is 0.771. The van der Waals surface area contributed by atoms with Gasteiger partial charge in [-0.15, -0.1) is 11.3 Å². The summed E-state index contributed by atoms with van der Waals surface area (Å²) in [5, 5.41) is 2.70. The zero-order chi connectivity index (χ0) is 9.56. The molecule has 70 valence electrons. The molecule has 0 aliphatic carbocycles. The molecule has 0 aliphatic heterocycles. The highest BCUT2D eigenvalue weighted by atomic mass is 32.1. The Morgan fingerprint density at radius 2 is 2.08 bits per heavy atom. The maximum Gasteiger partial charge on any atom is 0.180 e. The molecule has 1 rings (SSSR count). The van der Waals surface area contributed by atoms with Gasteiger partial charge in [-0.05, 0) is 12.3 Å². The Morgan fingerprint density at radius 1 is 1.50 bits per heavy atom. The second-order valence-electron chi connectivity index (χ2n) is 2.78. The average Bonchev–Trinajstić information content (AvgIpc) is 2.39. The fraction of sp³-hybridized carbons (Fsp3) is 0.667. The Bertz CT molecular complexity index is 206. The average molecular weight is 186 g/mol. The van der Waals surface area contributed by atoms with E-state index in [9.17, 15) is 0 Å². The summed E-state index contributed by atoms with van der Waals surface area (Å²) in [6, 6.07) is 0. The Morgan fingerprint density at radius 3 is 2.42 bits per heavy atom. The second-order valence-corrected chi connectivity index (χ2v) is 3.66. The van der Waals surface area contributed by atoms with Gasteiger partial charge in [0.05, 0.1) is 5.69 Å². The molecule has 0 aliphatic rings.